The van der Waals surface area contributed by atoms with Gasteiger partial charge in [0.1, 0.15) is 5.82 Å². The van der Waals surface area contributed by atoms with E-state index in [4.69, 9.17) is 4.98 Å². The summed E-state index contributed by atoms with van der Waals surface area (Å²) in [5.74, 6) is 2.23. The normalized spacial score (nSPS) is 14.8. The van der Waals surface area contributed by atoms with Crippen LogP contribution in [0.4, 0.5) is 5.69 Å². The summed E-state index contributed by atoms with van der Waals surface area (Å²) < 4.78 is 0. The van der Waals surface area contributed by atoms with Crippen LogP contribution in [0.1, 0.15) is 24.6 Å². The van der Waals surface area contributed by atoms with Crippen molar-refractivity contribution in [2.45, 2.75) is 18.8 Å². The van der Waals surface area contributed by atoms with E-state index in [1.807, 2.05) is 67.4 Å². The number of pyridine rings is 1. The highest BCUT2D eigenvalue weighted by atomic mass is 15.1. The lowest BCUT2D eigenvalue weighted by atomic mass is 9.96. The average molecular weight is 382 g/mol. The fourth-order valence-corrected chi connectivity index (χ4v) is 3.84. The van der Waals surface area contributed by atoms with Crippen LogP contribution in [-0.2, 0) is 0 Å². The van der Waals surface area contributed by atoms with E-state index in [0.29, 0.717) is 5.92 Å². The van der Waals surface area contributed by atoms with E-state index in [0.717, 1.165) is 54.4 Å². The standard InChI is InChI=1S/C23H22N6/c1-2-5-17(6-3-1)22-25-13-19(14-26-22)21-16-27-23(28-21)18-8-11-29(12-9-18)20-7-4-10-24-15-20/h1-7,10,13-16,18H,8-9,11-12H2,(H,27,28). The third kappa shape index (κ3) is 3.74. The van der Waals surface area contributed by atoms with Gasteiger partial charge in [-0.25, -0.2) is 15.0 Å². The fourth-order valence-electron chi connectivity index (χ4n) is 3.84. The Kier molecular flexibility index (Phi) is 4.74. The average Bonchev–Trinajstić information content (AvgIpc) is 3.31. The molecule has 1 fully saturated rings. The van der Waals surface area contributed by atoms with Crippen LogP contribution in [0.15, 0.2) is 73.4 Å². The van der Waals surface area contributed by atoms with Crippen LogP contribution in [-0.4, -0.2) is 38.0 Å². The lowest BCUT2D eigenvalue weighted by Gasteiger charge is -2.32. The number of hydrogen-bond donors (Lipinski definition) is 1. The van der Waals surface area contributed by atoms with Gasteiger partial charge in [-0.05, 0) is 25.0 Å². The fraction of sp³-hybridized carbons (Fsp3) is 0.217. The Balaban J connectivity index is 1.26. The van der Waals surface area contributed by atoms with Crippen LogP contribution in [0.2, 0.25) is 0 Å². The number of hydrogen-bond acceptors (Lipinski definition) is 5. The summed E-state index contributed by atoms with van der Waals surface area (Å²) in [6.07, 6.45) is 11.6. The van der Waals surface area contributed by atoms with E-state index in [2.05, 4.69) is 30.9 Å². The van der Waals surface area contributed by atoms with Crippen molar-refractivity contribution in [1.29, 1.82) is 0 Å². The van der Waals surface area contributed by atoms with Crippen LogP contribution in [0.25, 0.3) is 22.6 Å². The van der Waals surface area contributed by atoms with Crippen LogP contribution in [0.5, 0.6) is 0 Å². The first-order valence-corrected chi connectivity index (χ1v) is 9.95. The quantitative estimate of drug-likeness (QED) is 0.569. The predicted octanol–water partition coefficient (Wildman–Crippen LogP) is 4.31. The number of piperidine rings is 1. The zero-order valence-electron chi connectivity index (χ0n) is 16.1. The number of benzene rings is 1. The van der Waals surface area contributed by atoms with Gasteiger partial charge in [0.05, 0.1) is 17.6 Å². The second-order valence-corrected chi connectivity index (χ2v) is 7.30. The molecule has 1 N–H and O–H groups in total. The van der Waals surface area contributed by atoms with E-state index in [9.17, 15) is 0 Å². The molecule has 0 atom stereocenters. The van der Waals surface area contributed by atoms with Gasteiger partial charge in [-0.3, -0.25) is 4.98 Å². The Hall–Kier alpha value is -3.54. The minimum atomic E-state index is 0.446. The summed E-state index contributed by atoms with van der Waals surface area (Å²) in [7, 11) is 0. The number of nitrogens with one attached hydrogen (secondary N) is 1. The van der Waals surface area contributed by atoms with E-state index in [-0.39, 0.29) is 0 Å². The summed E-state index contributed by atoms with van der Waals surface area (Å²) in [6, 6.07) is 14.1. The number of nitrogens with zero attached hydrogens (tertiary/aromatic N) is 5. The van der Waals surface area contributed by atoms with Gasteiger partial charge in [0, 0.05) is 54.9 Å². The molecule has 0 aliphatic carbocycles. The summed E-state index contributed by atoms with van der Waals surface area (Å²) in [4.78, 5) is 23.9. The molecule has 0 bridgehead atoms. The van der Waals surface area contributed by atoms with Crippen molar-refractivity contribution in [1.82, 2.24) is 24.9 Å². The Morgan fingerprint density at radius 2 is 1.66 bits per heavy atom. The van der Waals surface area contributed by atoms with Crippen molar-refractivity contribution in [3.63, 3.8) is 0 Å². The van der Waals surface area contributed by atoms with Crippen molar-refractivity contribution in [3.05, 3.63) is 79.3 Å². The molecule has 144 valence electrons. The van der Waals surface area contributed by atoms with Crippen molar-refractivity contribution in [2.75, 3.05) is 18.0 Å². The third-order valence-corrected chi connectivity index (χ3v) is 5.47. The highest BCUT2D eigenvalue weighted by Crippen LogP contribution is 2.30. The molecule has 0 spiro atoms. The van der Waals surface area contributed by atoms with Crippen LogP contribution >= 0.6 is 0 Å². The molecule has 5 rings (SSSR count). The summed E-state index contributed by atoms with van der Waals surface area (Å²) in [6.45, 7) is 2.03. The molecule has 6 heteroatoms. The molecule has 0 unspecified atom stereocenters. The monoisotopic (exact) mass is 382 g/mol. The maximum absolute atomic E-state index is 4.84. The first-order valence-electron chi connectivity index (χ1n) is 9.95. The molecule has 4 aromatic rings. The molecular weight excluding hydrogens is 360 g/mol. The number of anilines is 1. The summed E-state index contributed by atoms with van der Waals surface area (Å²) in [5, 5.41) is 0. The minimum absolute atomic E-state index is 0.446. The van der Waals surface area contributed by atoms with Gasteiger partial charge in [0.2, 0.25) is 0 Å². The molecule has 0 saturated carbocycles. The molecular formula is C23H22N6. The largest absolute Gasteiger partial charge is 0.370 e. The molecule has 1 aliphatic heterocycles. The van der Waals surface area contributed by atoms with Crippen LogP contribution in [0, 0.1) is 0 Å². The lowest BCUT2D eigenvalue weighted by molar-refractivity contribution is 0.488. The zero-order valence-corrected chi connectivity index (χ0v) is 16.1. The molecule has 4 heterocycles. The van der Waals surface area contributed by atoms with E-state index in [1.165, 1.54) is 5.69 Å². The van der Waals surface area contributed by atoms with Gasteiger partial charge in [0.25, 0.3) is 0 Å². The molecule has 0 amide bonds. The number of rotatable bonds is 4. The topological polar surface area (TPSA) is 70.6 Å². The smallest absolute Gasteiger partial charge is 0.159 e. The number of aromatic nitrogens is 5. The first-order chi connectivity index (χ1) is 14.4. The number of aromatic amines is 1. The highest BCUT2D eigenvalue weighted by molar-refractivity contribution is 5.60. The Morgan fingerprint density at radius 3 is 2.38 bits per heavy atom. The molecule has 6 nitrogen and oxygen atoms in total. The van der Waals surface area contributed by atoms with Crippen molar-refractivity contribution >= 4 is 5.69 Å². The van der Waals surface area contributed by atoms with Crippen LogP contribution < -0.4 is 4.90 Å². The Labute approximate surface area is 169 Å². The van der Waals surface area contributed by atoms with E-state index < -0.39 is 0 Å². The van der Waals surface area contributed by atoms with Gasteiger partial charge < -0.3 is 9.88 Å². The van der Waals surface area contributed by atoms with E-state index >= 15 is 0 Å². The summed E-state index contributed by atoms with van der Waals surface area (Å²) in [5.41, 5.74) is 4.04. The van der Waals surface area contributed by atoms with Gasteiger partial charge >= 0.3 is 0 Å². The third-order valence-electron chi connectivity index (χ3n) is 5.47. The molecule has 29 heavy (non-hydrogen) atoms. The van der Waals surface area contributed by atoms with Gasteiger partial charge in [-0.15, -0.1) is 0 Å². The molecule has 0 radical (unpaired) electrons. The summed E-state index contributed by atoms with van der Waals surface area (Å²) >= 11 is 0. The number of imidazole rings is 1. The molecule has 3 aromatic heterocycles. The van der Waals surface area contributed by atoms with Gasteiger partial charge in [0.15, 0.2) is 5.82 Å². The molecule has 1 aromatic carbocycles. The van der Waals surface area contributed by atoms with Gasteiger partial charge in [-0.1, -0.05) is 30.3 Å². The number of H-pyrrole nitrogens is 1. The zero-order chi connectivity index (χ0) is 19.5. The second-order valence-electron chi connectivity index (χ2n) is 7.30. The highest BCUT2D eigenvalue weighted by Gasteiger charge is 2.23. The maximum Gasteiger partial charge on any atom is 0.159 e. The maximum atomic E-state index is 4.84. The second kappa shape index (κ2) is 7.83. The van der Waals surface area contributed by atoms with Gasteiger partial charge in [-0.2, -0.15) is 0 Å². The van der Waals surface area contributed by atoms with Crippen LogP contribution in [0.3, 0.4) is 0 Å². The Morgan fingerprint density at radius 1 is 0.862 bits per heavy atom. The first kappa shape index (κ1) is 17.6. The molecule has 1 saturated heterocycles. The lowest BCUT2D eigenvalue weighted by Crippen LogP contribution is -2.33. The predicted molar refractivity (Wildman–Crippen MR) is 113 cm³/mol. The minimum Gasteiger partial charge on any atom is -0.370 e. The van der Waals surface area contributed by atoms with Crippen molar-refractivity contribution in [2.24, 2.45) is 0 Å². The Bertz CT molecular complexity index is 1050. The van der Waals surface area contributed by atoms with E-state index in [1.54, 1.807) is 0 Å². The van der Waals surface area contributed by atoms with Crippen molar-refractivity contribution < 1.29 is 0 Å². The molecule has 1 aliphatic rings. The SMILES string of the molecule is c1ccc(-c2ncc(-c3c[nH]c(C4CCN(c5cccnc5)CC4)n3)cn2)cc1. The van der Waals surface area contributed by atoms with Crippen molar-refractivity contribution in [3.8, 4) is 22.6 Å².